The minimum Gasteiger partial charge on any atom is -0.452 e. The van der Waals surface area contributed by atoms with Crippen LogP contribution in [-0.2, 0) is 9.53 Å². The van der Waals surface area contributed by atoms with Gasteiger partial charge in [-0.2, -0.15) is 0 Å². The van der Waals surface area contributed by atoms with Gasteiger partial charge < -0.3 is 15.8 Å². The number of hydrogen-bond acceptors (Lipinski definition) is 4. The standard InChI is InChI=1S/C17H18N2O3/c1-11-3-8-15(9-12(11)2)19-16(20)10-22-17(21)13-4-6-14(18)7-5-13/h3-9H,10,18H2,1-2H3,(H,19,20). The summed E-state index contributed by atoms with van der Waals surface area (Å²) in [6, 6.07) is 11.9. The number of amides is 1. The Morgan fingerprint density at radius 1 is 1.05 bits per heavy atom. The summed E-state index contributed by atoms with van der Waals surface area (Å²) in [6.45, 7) is 3.62. The first-order valence-electron chi connectivity index (χ1n) is 6.85. The first-order valence-corrected chi connectivity index (χ1v) is 6.85. The van der Waals surface area contributed by atoms with Gasteiger partial charge in [-0.05, 0) is 61.4 Å². The number of esters is 1. The Kier molecular flexibility index (Phi) is 4.78. The maximum Gasteiger partial charge on any atom is 0.338 e. The lowest BCUT2D eigenvalue weighted by molar-refractivity contribution is -0.119. The fourth-order valence-electron chi connectivity index (χ4n) is 1.85. The second-order valence-corrected chi connectivity index (χ2v) is 5.05. The average Bonchev–Trinajstić information content (AvgIpc) is 2.49. The summed E-state index contributed by atoms with van der Waals surface area (Å²) in [5.74, 6) is -0.942. The molecule has 0 aliphatic carbocycles. The number of ether oxygens (including phenoxy) is 1. The summed E-state index contributed by atoms with van der Waals surface area (Å²) in [7, 11) is 0. The van der Waals surface area contributed by atoms with E-state index < -0.39 is 5.97 Å². The number of aryl methyl sites for hydroxylation is 2. The third-order valence-corrected chi connectivity index (χ3v) is 3.27. The molecular formula is C17H18N2O3. The van der Waals surface area contributed by atoms with Crippen LogP contribution in [0.3, 0.4) is 0 Å². The smallest absolute Gasteiger partial charge is 0.338 e. The lowest BCUT2D eigenvalue weighted by Crippen LogP contribution is -2.21. The molecule has 0 heterocycles. The largest absolute Gasteiger partial charge is 0.452 e. The van der Waals surface area contributed by atoms with Crippen LogP contribution in [0.4, 0.5) is 11.4 Å². The molecule has 0 aliphatic heterocycles. The van der Waals surface area contributed by atoms with E-state index >= 15 is 0 Å². The van der Waals surface area contributed by atoms with Gasteiger partial charge >= 0.3 is 5.97 Å². The van der Waals surface area contributed by atoms with Crippen molar-refractivity contribution in [2.24, 2.45) is 0 Å². The summed E-state index contributed by atoms with van der Waals surface area (Å²) in [5.41, 5.74) is 9.36. The van der Waals surface area contributed by atoms with E-state index in [0.29, 0.717) is 16.9 Å². The van der Waals surface area contributed by atoms with E-state index in [2.05, 4.69) is 5.32 Å². The molecule has 0 atom stereocenters. The lowest BCUT2D eigenvalue weighted by atomic mass is 10.1. The number of hydrogen-bond donors (Lipinski definition) is 2. The highest BCUT2D eigenvalue weighted by molar-refractivity contribution is 5.95. The number of rotatable bonds is 4. The zero-order chi connectivity index (χ0) is 16.1. The van der Waals surface area contributed by atoms with Crippen LogP contribution in [0, 0.1) is 13.8 Å². The van der Waals surface area contributed by atoms with E-state index in [1.54, 1.807) is 24.3 Å². The summed E-state index contributed by atoms with van der Waals surface area (Å²) in [5, 5.41) is 2.69. The number of nitrogens with two attached hydrogens (primary N) is 1. The Balaban J connectivity index is 1.88. The van der Waals surface area contributed by atoms with Gasteiger partial charge in [0.05, 0.1) is 5.56 Å². The number of benzene rings is 2. The first kappa shape index (κ1) is 15.6. The van der Waals surface area contributed by atoms with Gasteiger partial charge in [-0.1, -0.05) is 6.07 Å². The highest BCUT2D eigenvalue weighted by Crippen LogP contribution is 2.14. The van der Waals surface area contributed by atoms with Gasteiger partial charge in [0.15, 0.2) is 6.61 Å². The van der Waals surface area contributed by atoms with Crippen LogP contribution in [0.5, 0.6) is 0 Å². The van der Waals surface area contributed by atoms with E-state index in [-0.39, 0.29) is 12.5 Å². The molecule has 0 saturated carbocycles. The summed E-state index contributed by atoms with van der Waals surface area (Å²) in [6.07, 6.45) is 0. The molecule has 0 unspecified atom stereocenters. The van der Waals surface area contributed by atoms with Crippen molar-refractivity contribution in [3.8, 4) is 0 Å². The van der Waals surface area contributed by atoms with Crippen LogP contribution >= 0.6 is 0 Å². The monoisotopic (exact) mass is 298 g/mol. The molecule has 2 aromatic rings. The van der Waals surface area contributed by atoms with Crippen molar-refractivity contribution in [2.45, 2.75) is 13.8 Å². The van der Waals surface area contributed by atoms with Crippen molar-refractivity contribution >= 4 is 23.3 Å². The van der Waals surface area contributed by atoms with Gasteiger partial charge in [0, 0.05) is 11.4 Å². The minimum atomic E-state index is -0.560. The van der Waals surface area contributed by atoms with Crippen molar-refractivity contribution < 1.29 is 14.3 Å². The quantitative estimate of drug-likeness (QED) is 0.671. The minimum absolute atomic E-state index is 0.337. The fraction of sp³-hybridized carbons (Fsp3) is 0.176. The van der Waals surface area contributed by atoms with Gasteiger partial charge in [0.2, 0.25) is 0 Å². The molecule has 2 rings (SSSR count). The maximum absolute atomic E-state index is 11.8. The number of carbonyl (C=O) groups is 2. The molecule has 3 N–H and O–H groups in total. The Bertz CT molecular complexity index is 694. The van der Waals surface area contributed by atoms with Crippen LogP contribution in [-0.4, -0.2) is 18.5 Å². The highest BCUT2D eigenvalue weighted by Gasteiger charge is 2.10. The number of nitrogen functional groups attached to an aromatic ring is 1. The van der Waals surface area contributed by atoms with Crippen LogP contribution in [0.1, 0.15) is 21.5 Å². The van der Waals surface area contributed by atoms with Gasteiger partial charge in [-0.3, -0.25) is 4.79 Å². The molecule has 0 spiro atoms. The van der Waals surface area contributed by atoms with E-state index in [4.69, 9.17) is 10.5 Å². The van der Waals surface area contributed by atoms with Gasteiger partial charge in [-0.15, -0.1) is 0 Å². The van der Waals surface area contributed by atoms with Crippen LogP contribution in [0.25, 0.3) is 0 Å². The maximum atomic E-state index is 11.8. The molecular weight excluding hydrogens is 280 g/mol. The molecule has 0 fully saturated rings. The zero-order valence-corrected chi connectivity index (χ0v) is 12.6. The third-order valence-electron chi connectivity index (χ3n) is 3.27. The SMILES string of the molecule is Cc1ccc(NC(=O)COC(=O)c2ccc(N)cc2)cc1C. The predicted molar refractivity (Wildman–Crippen MR) is 85.7 cm³/mol. The van der Waals surface area contributed by atoms with Gasteiger partial charge in [-0.25, -0.2) is 4.79 Å². The molecule has 0 aliphatic rings. The molecule has 22 heavy (non-hydrogen) atoms. The Labute approximate surface area is 129 Å². The summed E-state index contributed by atoms with van der Waals surface area (Å²) >= 11 is 0. The predicted octanol–water partition coefficient (Wildman–Crippen LogP) is 2.68. The van der Waals surface area contributed by atoms with Crippen LogP contribution < -0.4 is 11.1 Å². The van der Waals surface area contributed by atoms with Crippen LogP contribution in [0.2, 0.25) is 0 Å². The second-order valence-electron chi connectivity index (χ2n) is 5.05. The zero-order valence-electron chi connectivity index (χ0n) is 12.6. The fourth-order valence-corrected chi connectivity index (χ4v) is 1.85. The van der Waals surface area contributed by atoms with Gasteiger partial charge in [0.25, 0.3) is 5.91 Å². The Morgan fingerprint density at radius 3 is 2.36 bits per heavy atom. The van der Waals surface area contributed by atoms with Crippen molar-refractivity contribution in [1.82, 2.24) is 0 Å². The first-order chi connectivity index (χ1) is 10.5. The van der Waals surface area contributed by atoms with Crippen molar-refractivity contribution in [1.29, 1.82) is 0 Å². The molecule has 114 valence electrons. The van der Waals surface area contributed by atoms with Crippen LogP contribution in [0.15, 0.2) is 42.5 Å². The van der Waals surface area contributed by atoms with E-state index in [9.17, 15) is 9.59 Å². The average molecular weight is 298 g/mol. The molecule has 1 amide bonds. The molecule has 5 heteroatoms. The molecule has 0 radical (unpaired) electrons. The number of carbonyl (C=O) groups excluding carboxylic acids is 2. The summed E-state index contributed by atoms with van der Waals surface area (Å²) in [4.78, 5) is 23.6. The van der Waals surface area contributed by atoms with E-state index in [1.807, 2.05) is 32.0 Å². The van der Waals surface area contributed by atoms with Gasteiger partial charge in [0.1, 0.15) is 0 Å². The molecule has 0 aromatic heterocycles. The topological polar surface area (TPSA) is 81.4 Å². The Hall–Kier alpha value is -2.82. The third kappa shape index (κ3) is 4.09. The second kappa shape index (κ2) is 6.76. The number of nitrogens with one attached hydrogen (secondary N) is 1. The molecule has 5 nitrogen and oxygen atoms in total. The Morgan fingerprint density at radius 2 is 1.73 bits per heavy atom. The van der Waals surface area contributed by atoms with Crippen molar-refractivity contribution in [2.75, 3.05) is 17.7 Å². The van der Waals surface area contributed by atoms with E-state index in [1.165, 1.54) is 0 Å². The summed E-state index contributed by atoms with van der Waals surface area (Å²) < 4.78 is 4.96. The molecule has 2 aromatic carbocycles. The molecule has 0 saturated heterocycles. The lowest BCUT2D eigenvalue weighted by Gasteiger charge is -2.08. The normalized spacial score (nSPS) is 10.1. The van der Waals surface area contributed by atoms with Crippen molar-refractivity contribution in [3.05, 3.63) is 59.2 Å². The van der Waals surface area contributed by atoms with E-state index in [0.717, 1.165) is 11.1 Å². The van der Waals surface area contributed by atoms with Crippen molar-refractivity contribution in [3.63, 3.8) is 0 Å². The molecule has 0 bridgehead atoms. The highest BCUT2D eigenvalue weighted by atomic mass is 16.5. The number of anilines is 2.